The zero-order chi connectivity index (χ0) is 14.4. The van der Waals surface area contributed by atoms with Crippen molar-refractivity contribution in [2.45, 2.75) is 17.7 Å². The predicted molar refractivity (Wildman–Crippen MR) is 78.0 cm³/mol. The van der Waals surface area contributed by atoms with Crippen LogP contribution in [-0.2, 0) is 4.79 Å². The third kappa shape index (κ3) is 2.23. The minimum Gasteiger partial charge on any atom is -0.339 e. The lowest BCUT2D eigenvalue weighted by atomic mass is 10.1. The van der Waals surface area contributed by atoms with Gasteiger partial charge in [-0.3, -0.25) is 4.79 Å². The summed E-state index contributed by atoms with van der Waals surface area (Å²) in [6.45, 7) is 4.59. The number of hydrogen-bond donors (Lipinski definition) is 0. The first-order chi connectivity index (χ1) is 9.44. The maximum absolute atomic E-state index is 12.4. The van der Waals surface area contributed by atoms with Crippen molar-refractivity contribution in [3.8, 4) is 0 Å². The minimum atomic E-state index is -0.899. The number of rotatable bonds is 2. The summed E-state index contributed by atoms with van der Waals surface area (Å²) in [5, 5.41) is 0. The lowest BCUT2D eigenvalue weighted by molar-refractivity contribution is -0.136. The number of halogens is 2. The summed E-state index contributed by atoms with van der Waals surface area (Å²) in [6.07, 6.45) is 3.98. The van der Waals surface area contributed by atoms with Gasteiger partial charge >= 0.3 is 0 Å². The second kappa shape index (κ2) is 4.74. The van der Waals surface area contributed by atoms with Crippen LogP contribution in [-0.4, -0.2) is 51.3 Å². The van der Waals surface area contributed by atoms with Crippen LogP contribution in [0.3, 0.4) is 0 Å². The quantitative estimate of drug-likeness (QED) is 0.780. The molecule has 2 fully saturated rings. The van der Waals surface area contributed by atoms with Crippen LogP contribution in [0.25, 0.3) is 0 Å². The highest BCUT2D eigenvalue weighted by atomic mass is 35.5. The van der Waals surface area contributed by atoms with Gasteiger partial charge in [-0.15, -0.1) is 23.2 Å². The molecule has 2 heterocycles. The van der Waals surface area contributed by atoms with Gasteiger partial charge in [-0.2, -0.15) is 0 Å². The maximum atomic E-state index is 12.4. The van der Waals surface area contributed by atoms with E-state index in [1.54, 1.807) is 18.5 Å². The standard InChI is InChI=1S/C13H16Cl2N4O/c1-12(9-13(12,14)15)10(20)18-5-7-19(8-6-18)11-16-3-2-4-17-11/h2-4H,5-9H2,1H3/t12-/m0/s1. The molecule has 1 aliphatic carbocycles. The van der Waals surface area contributed by atoms with Crippen LogP contribution in [0.5, 0.6) is 0 Å². The second-order valence-electron chi connectivity index (χ2n) is 5.54. The molecule has 0 radical (unpaired) electrons. The van der Waals surface area contributed by atoms with Crippen molar-refractivity contribution < 1.29 is 4.79 Å². The summed E-state index contributed by atoms with van der Waals surface area (Å²) < 4.78 is -0.899. The fraction of sp³-hybridized carbons (Fsp3) is 0.615. The molecule has 1 saturated heterocycles. The van der Waals surface area contributed by atoms with E-state index in [0.29, 0.717) is 25.5 Å². The molecule has 0 spiro atoms. The Bertz CT molecular complexity index is 516. The Morgan fingerprint density at radius 2 is 1.75 bits per heavy atom. The summed E-state index contributed by atoms with van der Waals surface area (Å²) in [4.78, 5) is 24.8. The lowest BCUT2D eigenvalue weighted by Gasteiger charge is -2.36. The van der Waals surface area contributed by atoms with Crippen LogP contribution in [0.4, 0.5) is 5.95 Å². The van der Waals surface area contributed by atoms with Crippen molar-refractivity contribution in [2.24, 2.45) is 5.41 Å². The van der Waals surface area contributed by atoms with E-state index in [1.807, 2.05) is 11.8 Å². The van der Waals surface area contributed by atoms with Gasteiger partial charge in [-0.1, -0.05) is 0 Å². The molecule has 1 aliphatic heterocycles. The van der Waals surface area contributed by atoms with Gasteiger partial charge in [0, 0.05) is 38.6 Å². The van der Waals surface area contributed by atoms with Crippen LogP contribution in [0.15, 0.2) is 18.5 Å². The van der Waals surface area contributed by atoms with Crippen LogP contribution in [0.2, 0.25) is 0 Å². The average molecular weight is 315 g/mol. The number of amides is 1. The molecule has 1 aromatic heterocycles. The molecule has 1 saturated carbocycles. The molecule has 0 bridgehead atoms. The molecule has 3 rings (SSSR count). The van der Waals surface area contributed by atoms with E-state index in [-0.39, 0.29) is 5.91 Å². The van der Waals surface area contributed by atoms with E-state index in [4.69, 9.17) is 23.2 Å². The molecule has 7 heteroatoms. The number of aromatic nitrogens is 2. The van der Waals surface area contributed by atoms with Crippen LogP contribution in [0, 0.1) is 5.41 Å². The van der Waals surface area contributed by atoms with E-state index in [9.17, 15) is 4.79 Å². The van der Waals surface area contributed by atoms with Gasteiger partial charge in [0.05, 0.1) is 5.41 Å². The molecular formula is C13H16Cl2N4O. The van der Waals surface area contributed by atoms with Crippen molar-refractivity contribution in [1.29, 1.82) is 0 Å². The number of nitrogens with zero attached hydrogens (tertiary/aromatic N) is 4. The Morgan fingerprint density at radius 1 is 1.20 bits per heavy atom. The van der Waals surface area contributed by atoms with Crippen LogP contribution >= 0.6 is 23.2 Å². The number of alkyl halides is 2. The Morgan fingerprint density at radius 3 is 2.25 bits per heavy atom. The molecule has 0 N–H and O–H groups in total. The summed E-state index contributed by atoms with van der Waals surface area (Å²) >= 11 is 12.1. The molecule has 1 atom stereocenters. The van der Waals surface area contributed by atoms with Gasteiger partial charge in [0.15, 0.2) is 0 Å². The van der Waals surface area contributed by atoms with E-state index >= 15 is 0 Å². The van der Waals surface area contributed by atoms with Crippen molar-refractivity contribution in [3.05, 3.63) is 18.5 Å². The third-order valence-corrected chi connectivity index (χ3v) is 5.23. The van der Waals surface area contributed by atoms with E-state index < -0.39 is 9.75 Å². The molecule has 2 aliphatic rings. The first kappa shape index (κ1) is 13.9. The van der Waals surface area contributed by atoms with E-state index in [1.165, 1.54) is 0 Å². The van der Waals surface area contributed by atoms with Gasteiger partial charge in [-0.05, 0) is 19.4 Å². The Labute approximate surface area is 127 Å². The number of anilines is 1. The fourth-order valence-electron chi connectivity index (χ4n) is 2.54. The summed E-state index contributed by atoms with van der Waals surface area (Å²) in [5.41, 5.74) is -0.623. The van der Waals surface area contributed by atoms with Crippen LogP contribution < -0.4 is 4.90 Å². The van der Waals surface area contributed by atoms with Crippen molar-refractivity contribution >= 4 is 35.1 Å². The molecule has 5 nitrogen and oxygen atoms in total. The Kier molecular flexibility index (Phi) is 3.29. The predicted octanol–water partition coefficient (Wildman–Crippen LogP) is 1.71. The van der Waals surface area contributed by atoms with E-state index in [2.05, 4.69) is 14.9 Å². The number of carbonyl (C=O) groups excluding carboxylic acids is 1. The van der Waals surface area contributed by atoms with Crippen molar-refractivity contribution in [2.75, 3.05) is 31.1 Å². The molecule has 0 unspecified atom stereocenters. The first-order valence-corrected chi connectivity index (χ1v) is 7.39. The number of hydrogen-bond acceptors (Lipinski definition) is 4. The SMILES string of the molecule is C[C@@]1(C(=O)N2CCN(c3ncccn3)CC2)CC1(Cl)Cl. The lowest BCUT2D eigenvalue weighted by Crippen LogP contribution is -2.51. The third-order valence-electron chi connectivity index (χ3n) is 4.13. The smallest absolute Gasteiger partial charge is 0.231 e. The molecular weight excluding hydrogens is 299 g/mol. The summed E-state index contributed by atoms with van der Waals surface area (Å²) in [5.74, 6) is 0.761. The first-order valence-electron chi connectivity index (χ1n) is 6.63. The monoisotopic (exact) mass is 314 g/mol. The van der Waals surface area contributed by atoms with Crippen LogP contribution in [0.1, 0.15) is 13.3 Å². The largest absolute Gasteiger partial charge is 0.339 e. The number of carbonyl (C=O) groups is 1. The highest BCUT2D eigenvalue weighted by Crippen LogP contribution is 2.64. The van der Waals surface area contributed by atoms with Gasteiger partial charge in [0.2, 0.25) is 11.9 Å². The topological polar surface area (TPSA) is 49.3 Å². The molecule has 20 heavy (non-hydrogen) atoms. The minimum absolute atomic E-state index is 0.0520. The van der Waals surface area contributed by atoms with Crippen molar-refractivity contribution in [3.63, 3.8) is 0 Å². The summed E-state index contributed by atoms with van der Waals surface area (Å²) in [7, 11) is 0. The zero-order valence-corrected chi connectivity index (χ0v) is 12.7. The molecule has 1 amide bonds. The van der Waals surface area contributed by atoms with E-state index in [0.717, 1.165) is 13.1 Å². The van der Waals surface area contributed by atoms with Gasteiger partial charge < -0.3 is 9.80 Å². The zero-order valence-electron chi connectivity index (χ0n) is 11.2. The molecule has 108 valence electrons. The molecule has 0 aromatic carbocycles. The van der Waals surface area contributed by atoms with Gasteiger partial charge in [0.1, 0.15) is 4.33 Å². The fourth-order valence-corrected chi connectivity index (χ4v) is 3.24. The maximum Gasteiger partial charge on any atom is 0.231 e. The summed E-state index contributed by atoms with van der Waals surface area (Å²) in [6, 6.07) is 1.79. The second-order valence-corrected chi connectivity index (χ2v) is 7.03. The van der Waals surface area contributed by atoms with Gasteiger partial charge in [0.25, 0.3) is 0 Å². The number of piperazine rings is 1. The molecule has 1 aromatic rings. The van der Waals surface area contributed by atoms with Crippen molar-refractivity contribution in [1.82, 2.24) is 14.9 Å². The van der Waals surface area contributed by atoms with Gasteiger partial charge in [-0.25, -0.2) is 9.97 Å². The Balaban J connectivity index is 1.61. The normalized spacial score (nSPS) is 28.4. The highest BCUT2D eigenvalue weighted by Gasteiger charge is 2.68. The average Bonchev–Trinajstić information content (AvgIpc) is 2.99. The highest BCUT2D eigenvalue weighted by molar-refractivity contribution is 6.53. The Hall–Kier alpha value is -1.07.